The van der Waals surface area contributed by atoms with E-state index in [0.29, 0.717) is 25.9 Å². The third-order valence-corrected chi connectivity index (χ3v) is 9.81. The molecule has 0 bridgehead atoms. The molecule has 6 nitrogen and oxygen atoms in total. The molecule has 0 unspecified atom stereocenters. The second-order valence-electron chi connectivity index (χ2n) is 12.9. The van der Waals surface area contributed by atoms with E-state index in [1.165, 1.54) is 0 Å². The topological polar surface area (TPSA) is 96.2 Å². The molecule has 0 aromatic rings. The van der Waals surface area contributed by atoms with Gasteiger partial charge in [-0.1, -0.05) is 29.4 Å². The Bertz CT molecular complexity index is 936. The molecule has 0 aromatic carbocycles. The normalized spacial score (nSPS) is 45.4. The van der Waals surface area contributed by atoms with Crippen LogP contribution in [0.1, 0.15) is 86.5 Å². The lowest BCUT2D eigenvalue weighted by Gasteiger charge is -2.53. The summed E-state index contributed by atoms with van der Waals surface area (Å²) in [6, 6.07) is 0. The number of allylic oxidation sites excluding steroid dienone is 4. The maximum Gasteiger partial charge on any atom is 0.167 e. The largest absolute Gasteiger partial charge is 0.390 e. The van der Waals surface area contributed by atoms with Gasteiger partial charge in [-0.3, -0.25) is 4.79 Å². The highest BCUT2D eigenvalue weighted by Gasteiger charge is 2.65. The Morgan fingerprint density at radius 1 is 1.14 bits per heavy atom. The number of aldehydes is 1. The van der Waals surface area contributed by atoms with E-state index in [1.54, 1.807) is 0 Å². The zero-order valence-corrected chi connectivity index (χ0v) is 22.9. The summed E-state index contributed by atoms with van der Waals surface area (Å²) in [5, 5.41) is 33.3. The second kappa shape index (κ2) is 9.77. The van der Waals surface area contributed by atoms with E-state index in [0.717, 1.165) is 48.7 Å². The van der Waals surface area contributed by atoms with Gasteiger partial charge >= 0.3 is 0 Å². The van der Waals surface area contributed by atoms with Crippen LogP contribution in [0.5, 0.6) is 0 Å². The van der Waals surface area contributed by atoms with Gasteiger partial charge in [-0.05, 0) is 104 Å². The Kier molecular flexibility index (Phi) is 7.53. The molecule has 4 rings (SSSR count). The first kappa shape index (κ1) is 27.7. The Morgan fingerprint density at radius 2 is 1.86 bits per heavy atom. The molecule has 2 saturated heterocycles. The lowest BCUT2D eigenvalue weighted by atomic mass is 9.53. The van der Waals surface area contributed by atoms with E-state index < -0.39 is 28.5 Å². The van der Waals surface area contributed by atoms with Gasteiger partial charge in [0.25, 0.3) is 0 Å². The summed E-state index contributed by atoms with van der Waals surface area (Å²) in [6.07, 6.45) is 11.5. The molecule has 4 aliphatic rings. The van der Waals surface area contributed by atoms with Crippen molar-refractivity contribution in [3.05, 3.63) is 34.9 Å². The van der Waals surface area contributed by atoms with Crippen LogP contribution in [-0.2, 0) is 14.3 Å². The van der Waals surface area contributed by atoms with E-state index in [1.807, 2.05) is 53.7 Å². The van der Waals surface area contributed by atoms with E-state index in [2.05, 4.69) is 6.08 Å². The molecule has 2 aliphatic carbocycles. The predicted molar refractivity (Wildman–Crippen MR) is 139 cm³/mol. The number of carbonyl (C=O) groups is 1. The lowest BCUT2D eigenvalue weighted by molar-refractivity contribution is -0.230. The number of carbonyl (C=O) groups excluding carboxylic acids is 1. The van der Waals surface area contributed by atoms with Crippen molar-refractivity contribution < 1.29 is 29.6 Å². The molecule has 1 spiro atoms. The Morgan fingerprint density at radius 3 is 2.53 bits per heavy atom. The van der Waals surface area contributed by atoms with E-state index in [-0.39, 0.29) is 23.9 Å². The van der Waals surface area contributed by atoms with Crippen molar-refractivity contribution in [1.29, 1.82) is 0 Å². The van der Waals surface area contributed by atoms with Crippen LogP contribution in [-0.4, -0.2) is 57.4 Å². The highest BCUT2D eigenvalue weighted by Crippen LogP contribution is 2.62. The SMILES string of the molecule is CC(/C=C/[C@H]1[C@H](C(C)(C)O)CC[C@]1(C)O)=C\[C@H]1C[C@@]23[C@H](OCCC[C@@H]2/C(=C(\C)C=O)CC[C@]3(C)O)O1. The predicted octanol–water partition coefficient (Wildman–Crippen LogP) is 4.63. The van der Waals surface area contributed by atoms with Crippen LogP contribution in [0, 0.1) is 23.2 Å². The highest BCUT2D eigenvalue weighted by atomic mass is 16.7. The van der Waals surface area contributed by atoms with Crippen molar-refractivity contribution >= 4 is 6.29 Å². The van der Waals surface area contributed by atoms with Crippen molar-refractivity contribution in [2.75, 3.05) is 6.61 Å². The van der Waals surface area contributed by atoms with Gasteiger partial charge < -0.3 is 24.8 Å². The van der Waals surface area contributed by atoms with Crippen molar-refractivity contribution in [1.82, 2.24) is 0 Å². The quantitative estimate of drug-likeness (QED) is 0.288. The maximum absolute atomic E-state index is 11.7. The van der Waals surface area contributed by atoms with Gasteiger partial charge in [-0.25, -0.2) is 0 Å². The minimum absolute atomic E-state index is 0.0115. The van der Waals surface area contributed by atoms with Gasteiger partial charge in [-0.2, -0.15) is 0 Å². The van der Waals surface area contributed by atoms with Crippen molar-refractivity contribution in [3.8, 4) is 0 Å². The smallest absolute Gasteiger partial charge is 0.167 e. The Balaban J connectivity index is 1.61. The molecule has 0 aromatic heterocycles. The molecule has 2 aliphatic heterocycles. The molecule has 2 heterocycles. The van der Waals surface area contributed by atoms with Crippen LogP contribution < -0.4 is 0 Å². The zero-order valence-electron chi connectivity index (χ0n) is 22.9. The van der Waals surface area contributed by atoms with Crippen LogP contribution in [0.2, 0.25) is 0 Å². The first-order chi connectivity index (χ1) is 16.7. The lowest BCUT2D eigenvalue weighted by Crippen LogP contribution is -2.58. The van der Waals surface area contributed by atoms with Crippen LogP contribution in [0.3, 0.4) is 0 Å². The monoisotopic (exact) mass is 502 g/mol. The van der Waals surface area contributed by atoms with Crippen LogP contribution in [0.25, 0.3) is 0 Å². The summed E-state index contributed by atoms with van der Waals surface area (Å²) in [6.45, 7) is 11.9. The summed E-state index contributed by atoms with van der Waals surface area (Å²) in [4.78, 5) is 11.7. The van der Waals surface area contributed by atoms with Gasteiger partial charge in [0.2, 0.25) is 0 Å². The molecule has 36 heavy (non-hydrogen) atoms. The molecule has 0 amide bonds. The minimum Gasteiger partial charge on any atom is -0.390 e. The van der Waals surface area contributed by atoms with E-state index in [9.17, 15) is 20.1 Å². The van der Waals surface area contributed by atoms with Crippen LogP contribution >= 0.6 is 0 Å². The third kappa shape index (κ3) is 4.80. The van der Waals surface area contributed by atoms with Gasteiger partial charge in [0.15, 0.2) is 6.29 Å². The van der Waals surface area contributed by atoms with Crippen molar-refractivity contribution in [3.63, 3.8) is 0 Å². The number of ether oxygens (including phenoxy) is 2. The van der Waals surface area contributed by atoms with Crippen LogP contribution in [0.15, 0.2) is 34.9 Å². The summed E-state index contributed by atoms with van der Waals surface area (Å²) < 4.78 is 12.7. The van der Waals surface area contributed by atoms with Crippen LogP contribution in [0.4, 0.5) is 0 Å². The number of rotatable bonds is 5. The van der Waals surface area contributed by atoms with Crippen molar-refractivity contribution in [2.45, 2.75) is 116 Å². The van der Waals surface area contributed by atoms with E-state index in [4.69, 9.17) is 9.47 Å². The molecule has 2 saturated carbocycles. The summed E-state index contributed by atoms with van der Waals surface area (Å²) in [7, 11) is 0. The number of hydrogen-bond donors (Lipinski definition) is 3. The molecular formula is C30H46O6. The first-order valence-electron chi connectivity index (χ1n) is 13.7. The molecule has 0 radical (unpaired) electrons. The zero-order chi connectivity index (χ0) is 26.5. The molecule has 202 valence electrons. The van der Waals surface area contributed by atoms with Crippen molar-refractivity contribution in [2.24, 2.45) is 23.2 Å². The molecule has 3 N–H and O–H groups in total. The Labute approximate surface area is 216 Å². The van der Waals surface area contributed by atoms with Gasteiger partial charge in [0.1, 0.15) is 6.29 Å². The first-order valence-corrected chi connectivity index (χ1v) is 13.7. The number of hydrogen-bond acceptors (Lipinski definition) is 6. The average molecular weight is 503 g/mol. The average Bonchev–Trinajstić information content (AvgIpc) is 3.23. The minimum atomic E-state index is -0.964. The van der Waals surface area contributed by atoms with Gasteiger partial charge in [0.05, 0.1) is 28.3 Å². The Hall–Kier alpha value is -1.31. The molecule has 6 heteroatoms. The summed E-state index contributed by atoms with van der Waals surface area (Å²) in [5.41, 5.74) is -0.340. The second-order valence-corrected chi connectivity index (χ2v) is 12.9. The molecular weight excluding hydrogens is 456 g/mol. The number of aliphatic hydroxyl groups is 3. The fourth-order valence-electron chi connectivity index (χ4n) is 7.72. The van der Waals surface area contributed by atoms with Gasteiger partial charge in [0, 0.05) is 12.5 Å². The van der Waals surface area contributed by atoms with E-state index >= 15 is 0 Å². The fourth-order valence-corrected chi connectivity index (χ4v) is 7.72. The summed E-state index contributed by atoms with van der Waals surface area (Å²) in [5.74, 6) is -0.0993. The summed E-state index contributed by atoms with van der Waals surface area (Å²) >= 11 is 0. The highest BCUT2D eigenvalue weighted by molar-refractivity contribution is 5.74. The fraction of sp³-hybridized carbons (Fsp3) is 0.767. The molecule has 4 fully saturated rings. The standard InChI is InChI=1S/C30H46O6/c1-19(9-10-25-24(27(3,4)32)12-13-28(25,5)33)16-21-17-30-23(8-7-15-35-26(30)36-21)22(20(2)18-31)11-14-29(30,6)34/h9-10,16,18,21,23-26,32-34H,7-8,11-15,17H2,1-6H3/b10-9+,19-16+,22-20+/t21-,23+,24+,25-,26+,28-,29-,30-/m0/s1. The van der Waals surface area contributed by atoms with Gasteiger partial charge in [-0.15, -0.1) is 0 Å². The molecule has 8 atom stereocenters. The maximum atomic E-state index is 11.7. The third-order valence-electron chi connectivity index (χ3n) is 9.81.